The molecular weight excluding hydrogens is 307 g/mol. The van der Waals surface area contributed by atoms with Crippen LogP contribution in [-0.2, 0) is 10.5 Å². The van der Waals surface area contributed by atoms with Crippen LogP contribution in [0.4, 0.5) is 13.2 Å². The van der Waals surface area contributed by atoms with E-state index in [1.54, 1.807) is 0 Å². The van der Waals surface area contributed by atoms with Crippen LogP contribution in [0.5, 0.6) is 0 Å². The maximum Gasteiger partial charge on any atom is 0.442 e. The highest BCUT2D eigenvalue weighted by molar-refractivity contribution is 5.94. The van der Waals surface area contributed by atoms with Crippen LogP contribution >= 0.6 is 0 Å². The number of aliphatic hydroxyl groups excluding tert-OH is 1. The van der Waals surface area contributed by atoms with Gasteiger partial charge in [0.15, 0.2) is 6.10 Å². The van der Waals surface area contributed by atoms with Gasteiger partial charge in [-0.05, 0) is 12.1 Å². The fourth-order valence-corrected chi connectivity index (χ4v) is 1.70. The number of rotatable bonds is 5. The summed E-state index contributed by atoms with van der Waals surface area (Å²) in [6.45, 7) is -0.572. The monoisotopic (exact) mass is 317 g/mol. The van der Waals surface area contributed by atoms with Gasteiger partial charge < -0.3 is 15.5 Å². The van der Waals surface area contributed by atoms with Crippen molar-refractivity contribution in [3.8, 4) is 0 Å². The molecule has 22 heavy (non-hydrogen) atoms. The number of amides is 1. The molecule has 0 aromatic heterocycles. The maximum atomic E-state index is 12.9. The summed E-state index contributed by atoms with van der Waals surface area (Å²) in [4.78, 5) is 22.2. The van der Waals surface area contributed by atoms with Crippen LogP contribution in [0.15, 0.2) is 34.5 Å². The average molecular weight is 317 g/mol. The molecular formula is C12H10F3N3O4. The lowest BCUT2D eigenvalue weighted by Crippen LogP contribution is -2.36. The van der Waals surface area contributed by atoms with E-state index in [1.807, 2.05) is 0 Å². The van der Waals surface area contributed by atoms with Crippen LogP contribution in [0, 0.1) is 0 Å². The lowest BCUT2D eigenvalue weighted by molar-refractivity contribution is -0.166. The molecule has 0 aliphatic carbocycles. The Kier molecular flexibility index (Phi) is 3.88. The smallest absolute Gasteiger partial charge is 0.442 e. The number of aliphatic hydroxyl groups is 1. The molecule has 1 unspecified atom stereocenters. The van der Waals surface area contributed by atoms with Gasteiger partial charge in [-0.25, -0.2) is 4.79 Å². The summed E-state index contributed by atoms with van der Waals surface area (Å²) in [5.41, 5.74) is -3.08. The lowest BCUT2D eigenvalue weighted by Gasteiger charge is -2.15. The molecule has 10 heteroatoms. The predicted octanol–water partition coefficient (Wildman–Crippen LogP) is 1.04. The normalized spacial score (nSPS) is 16.9. The molecule has 0 saturated heterocycles. The summed E-state index contributed by atoms with van der Waals surface area (Å²) < 4.78 is 38.6. The number of nitrogens with zero attached hydrogens (tertiary/aromatic N) is 2. The number of carboxylic acids is 1. The molecule has 118 valence electrons. The summed E-state index contributed by atoms with van der Waals surface area (Å²) in [7, 11) is 0. The Labute approximate surface area is 121 Å². The molecule has 7 nitrogen and oxygen atoms in total. The third-order valence-corrected chi connectivity index (χ3v) is 2.96. The Morgan fingerprint density at radius 1 is 1.32 bits per heavy atom. The number of halogens is 3. The first-order chi connectivity index (χ1) is 10.2. The second kappa shape index (κ2) is 5.37. The van der Waals surface area contributed by atoms with Crippen molar-refractivity contribution < 1.29 is 33.0 Å². The Morgan fingerprint density at radius 3 is 2.45 bits per heavy atom. The van der Waals surface area contributed by atoms with Gasteiger partial charge in [-0.1, -0.05) is 12.1 Å². The zero-order valence-corrected chi connectivity index (χ0v) is 10.8. The van der Waals surface area contributed by atoms with E-state index in [-0.39, 0.29) is 11.1 Å². The highest BCUT2D eigenvalue weighted by atomic mass is 19.4. The molecule has 0 saturated carbocycles. The molecule has 0 radical (unpaired) electrons. The number of carbonyl (C=O) groups excluding carboxylic acids is 1. The van der Waals surface area contributed by atoms with E-state index >= 15 is 0 Å². The first-order valence-corrected chi connectivity index (χ1v) is 5.98. The predicted molar refractivity (Wildman–Crippen MR) is 65.0 cm³/mol. The summed E-state index contributed by atoms with van der Waals surface area (Å²) in [5, 5.41) is 25.6. The second-order valence-corrected chi connectivity index (χ2v) is 4.51. The van der Waals surface area contributed by atoms with Crippen molar-refractivity contribution in [3.05, 3.63) is 35.4 Å². The molecule has 1 atom stereocenters. The van der Waals surface area contributed by atoms with Gasteiger partial charge in [0.05, 0.1) is 6.54 Å². The minimum atomic E-state index is -4.71. The Morgan fingerprint density at radius 2 is 1.95 bits per heavy atom. The quantitative estimate of drug-likeness (QED) is 0.753. The molecule has 1 aromatic rings. The highest BCUT2D eigenvalue weighted by Crippen LogP contribution is 2.52. The summed E-state index contributed by atoms with van der Waals surface area (Å²) in [6, 6.07) is 4.58. The third kappa shape index (κ3) is 2.91. The van der Waals surface area contributed by atoms with Crippen molar-refractivity contribution in [3.63, 3.8) is 0 Å². The van der Waals surface area contributed by atoms with Gasteiger partial charge in [-0.2, -0.15) is 13.2 Å². The molecule has 1 aromatic carbocycles. The number of alkyl halides is 3. The van der Waals surface area contributed by atoms with E-state index in [9.17, 15) is 22.8 Å². The molecule has 3 N–H and O–H groups in total. The molecule has 2 rings (SSSR count). The zero-order chi connectivity index (χ0) is 16.5. The Bertz CT molecular complexity index is 639. The number of aliphatic carboxylic acids is 1. The summed E-state index contributed by atoms with van der Waals surface area (Å²) >= 11 is 0. The van der Waals surface area contributed by atoms with Crippen LogP contribution in [0.2, 0.25) is 0 Å². The number of carbonyl (C=O) groups is 2. The van der Waals surface area contributed by atoms with Crippen molar-refractivity contribution in [2.75, 3.05) is 6.54 Å². The van der Waals surface area contributed by atoms with Gasteiger partial charge in [-0.15, -0.1) is 10.2 Å². The van der Waals surface area contributed by atoms with E-state index < -0.39 is 36.4 Å². The van der Waals surface area contributed by atoms with Crippen LogP contribution in [0.3, 0.4) is 0 Å². The molecule has 1 aliphatic heterocycles. The third-order valence-electron chi connectivity index (χ3n) is 2.96. The number of benzene rings is 1. The molecule has 0 fully saturated rings. The van der Waals surface area contributed by atoms with Gasteiger partial charge >= 0.3 is 17.8 Å². The van der Waals surface area contributed by atoms with Gasteiger partial charge in [-0.3, -0.25) is 4.79 Å². The fraction of sp³-hybridized carbons (Fsp3) is 0.333. The summed E-state index contributed by atoms with van der Waals surface area (Å²) in [6.07, 6.45) is -6.51. The van der Waals surface area contributed by atoms with E-state index in [1.165, 1.54) is 12.1 Å². The van der Waals surface area contributed by atoms with Crippen LogP contribution in [0.25, 0.3) is 0 Å². The number of nitrogens with one attached hydrogen (secondary N) is 1. The van der Waals surface area contributed by atoms with E-state index in [0.717, 1.165) is 12.1 Å². The lowest BCUT2D eigenvalue weighted by atomic mass is 10.00. The fourth-order valence-electron chi connectivity index (χ4n) is 1.70. The summed E-state index contributed by atoms with van der Waals surface area (Å²) in [5.74, 6) is -2.35. The van der Waals surface area contributed by atoms with E-state index in [0.29, 0.717) is 0 Å². The second-order valence-electron chi connectivity index (χ2n) is 4.51. The zero-order valence-electron chi connectivity index (χ0n) is 10.8. The number of carboxylic acid groups (broad SMARTS) is 1. The first kappa shape index (κ1) is 15.9. The van der Waals surface area contributed by atoms with E-state index in [2.05, 4.69) is 15.5 Å². The first-order valence-electron chi connectivity index (χ1n) is 5.98. The van der Waals surface area contributed by atoms with E-state index in [4.69, 9.17) is 10.2 Å². The van der Waals surface area contributed by atoms with Gasteiger partial charge in [0.25, 0.3) is 5.91 Å². The van der Waals surface area contributed by atoms with Gasteiger partial charge in [0, 0.05) is 11.1 Å². The maximum absolute atomic E-state index is 12.9. The molecule has 1 heterocycles. The van der Waals surface area contributed by atoms with Crippen molar-refractivity contribution in [1.82, 2.24) is 5.32 Å². The van der Waals surface area contributed by atoms with Crippen molar-refractivity contribution in [2.24, 2.45) is 10.2 Å². The molecule has 1 aliphatic rings. The largest absolute Gasteiger partial charge is 0.479 e. The molecule has 0 bridgehead atoms. The average Bonchev–Trinajstić information content (AvgIpc) is 3.25. The minimum absolute atomic E-state index is 0.129. The van der Waals surface area contributed by atoms with Gasteiger partial charge in [0.1, 0.15) is 0 Å². The van der Waals surface area contributed by atoms with Gasteiger partial charge in [0.2, 0.25) is 0 Å². The van der Waals surface area contributed by atoms with Crippen LogP contribution in [0.1, 0.15) is 15.9 Å². The Hall–Kier alpha value is -2.49. The van der Waals surface area contributed by atoms with Crippen molar-refractivity contribution in [1.29, 1.82) is 0 Å². The highest BCUT2D eigenvalue weighted by Gasteiger charge is 2.65. The topological polar surface area (TPSA) is 111 Å². The number of hydrogen-bond acceptors (Lipinski definition) is 5. The number of hydrogen-bond donors (Lipinski definition) is 3. The van der Waals surface area contributed by atoms with Crippen LogP contribution in [-0.4, -0.2) is 40.9 Å². The minimum Gasteiger partial charge on any atom is -0.479 e. The molecule has 0 spiro atoms. The van der Waals surface area contributed by atoms with Crippen molar-refractivity contribution in [2.45, 2.75) is 17.9 Å². The molecule has 1 amide bonds. The van der Waals surface area contributed by atoms with Crippen LogP contribution < -0.4 is 5.32 Å². The SMILES string of the molecule is O=C(NCC(O)C(=O)O)c1cccc(C2(C(F)(F)F)N=N2)c1. The standard InChI is InChI=1S/C12H10F3N3O4/c13-12(14,15)11(17-18-11)7-3-1-2-6(4-7)9(20)16-5-8(19)10(21)22/h1-4,8,19H,5H2,(H,16,20)(H,21,22). The van der Waals surface area contributed by atoms with Crippen molar-refractivity contribution >= 4 is 11.9 Å². The Balaban J connectivity index is 2.13.